The number of carbonyl (C=O) groups is 1. The minimum Gasteiger partial charge on any atom is -0.462 e. The number of carbonyl (C=O) groups excluding carboxylic acids is 1. The largest absolute Gasteiger partial charge is 0.462 e. The lowest BCUT2D eigenvalue weighted by atomic mass is 9.96. The first-order valence-electron chi connectivity index (χ1n) is 5.72. The first kappa shape index (κ1) is 11.5. The predicted octanol–water partition coefficient (Wildman–Crippen LogP) is 1.99. The van der Waals surface area contributed by atoms with Crippen molar-refractivity contribution in [2.75, 3.05) is 6.54 Å². The molecule has 3 nitrogen and oxygen atoms in total. The monoisotopic (exact) mass is 199 g/mol. The van der Waals surface area contributed by atoms with E-state index in [1.54, 1.807) is 0 Å². The summed E-state index contributed by atoms with van der Waals surface area (Å²) in [6.45, 7) is 0.756. The number of hydrogen-bond donors (Lipinski definition) is 1. The van der Waals surface area contributed by atoms with Crippen molar-refractivity contribution < 1.29 is 9.53 Å². The van der Waals surface area contributed by atoms with E-state index in [2.05, 4.69) is 0 Å². The summed E-state index contributed by atoms with van der Waals surface area (Å²) >= 11 is 0. The molecule has 14 heavy (non-hydrogen) atoms. The van der Waals surface area contributed by atoms with Crippen molar-refractivity contribution in [1.82, 2.24) is 0 Å². The molecule has 0 bridgehead atoms. The molecule has 2 N–H and O–H groups in total. The second-order valence-electron chi connectivity index (χ2n) is 4.00. The van der Waals surface area contributed by atoms with E-state index in [4.69, 9.17) is 10.5 Å². The van der Waals surface area contributed by atoms with Gasteiger partial charge in [-0.25, -0.2) is 0 Å². The molecule has 1 fully saturated rings. The highest BCUT2D eigenvalue weighted by molar-refractivity contribution is 5.69. The fourth-order valence-corrected chi connectivity index (χ4v) is 1.50. The fraction of sp³-hybridized carbons (Fsp3) is 0.909. The SMILES string of the molecule is NCCCCCCC(=O)OC1CCC1. The molecule has 0 amide bonds. The summed E-state index contributed by atoms with van der Waals surface area (Å²) in [5, 5.41) is 0. The van der Waals surface area contributed by atoms with Crippen molar-refractivity contribution in [3.05, 3.63) is 0 Å². The molecule has 1 rings (SSSR count). The Morgan fingerprint density at radius 1 is 1.21 bits per heavy atom. The molecule has 0 aromatic heterocycles. The molecule has 0 aromatic rings. The Balaban J connectivity index is 1.87. The first-order valence-corrected chi connectivity index (χ1v) is 5.72. The summed E-state index contributed by atoms with van der Waals surface area (Å²) in [7, 11) is 0. The molecule has 0 heterocycles. The summed E-state index contributed by atoms with van der Waals surface area (Å²) in [4.78, 5) is 11.2. The van der Waals surface area contributed by atoms with Crippen LogP contribution in [0.15, 0.2) is 0 Å². The van der Waals surface area contributed by atoms with Crippen LogP contribution in [0.5, 0.6) is 0 Å². The summed E-state index contributed by atoms with van der Waals surface area (Å²) in [6, 6.07) is 0. The van der Waals surface area contributed by atoms with Crippen molar-refractivity contribution in [2.45, 2.75) is 57.5 Å². The standard InChI is InChI=1S/C11H21NO2/c12-9-4-2-1-3-8-11(13)14-10-6-5-7-10/h10H,1-9,12H2. The second kappa shape index (κ2) is 6.82. The average molecular weight is 199 g/mol. The van der Waals surface area contributed by atoms with Gasteiger partial charge < -0.3 is 10.5 Å². The smallest absolute Gasteiger partial charge is 0.306 e. The molecular formula is C11H21NO2. The zero-order valence-electron chi connectivity index (χ0n) is 8.84. The Bertz CT molecular complexity index is 167. The maximum Gasteiger partial charge on any atom is 0.306 e. The van der Waals surface area contributed by atoms with Crippen molar-refractivity contribution in [1.29, 1.82) is 0 Å². The van der Waals surface area contributed by atoms with E-state index in [0.717, 1.165) is 45.1 Å². The summed E-state index contributed by atoms with van der Waals surface area (Å²) in [6.07, 6.45) is 8.42. The van der Waals surface area contributed by atoms with E-state index in [-0.39, 0.29) is 12.1 Å². The Kier molecular flexibility index (Phi) is 5.60. The Labute approximate surface area is 86.0 Å². The second-order valence-corrected chi connectivity index (χ2v) is 4.00. The molecule has 0 aliphatic heterocycles. The van der Waals surface area contributed by atoms with Crippen molar-refractivity contribution in [2.24, 2.45) is 5.73 Å². The molecule has 0 atom stereocenters. The van der Waals surface area contributed by atoms with Crippen LogP contribution in [0.2, 0.25) is 0 Å². The zero-order valence-corrected chi connectivity index (χ0v) is 8.84. The predicted molar refractivity (Wildman–Crippen MR) is 55.9 cm³/mol. The molecule has 1 saturated carbocycles. The Morgan fingerprint density at radius 2 is 1.93 bits per heavy atom. The minimum absolute atomic E-state index is 0.0116. The maximum absolute atomic E-state index is 11.2. The van der Waals surface area contributed by atoms with Crippen LogP contribution in [0.1, 0.15) is 51.4 Å². The van der Waals surface area contributed by atoms with Crippen LogP contribution >= 0.6 is 0 Å². The highest BCUT2D eigenvalue weighted by Gasteiger charge is 2.20. The van der Waals surface area contributed by atoms with Gasteiger partial charge in [0.1, 0.15) is 6.10 Å². The van der Waals surface area contributed by atoms with E-state index in [1.807, 2.05) is 0 Å². The van der Waals surface area contributed by atoms with Gasteiger partial charge in [-0.3, -0.25) is 4.79 Å². The van der Waals surface area contributed by atoms with E-state index >= 15 is 0 Å². The molecule has 0 saturated heterocycles. The van der Waals surface area contributed by atoms with Crippen molar-refractivity contribution in [3.63, 3.8) is 0 Å². The van der Waals surface area contributed by atoms with E-state index in [0.29, 0.717) is 6.42 Å². The number of unbranched alkanes of at least 4 members (excludes halogenated alkanes) is 3. The summed E-state index contributed by atoms with van der Waals surface area (Å²) < 4.78 is 5.23. The molecule has 1 aliphatic carbocycles. The minimum atomic E-state index is -0.0116. The average Bonchev–Trinajstić information content (AvgIpc) is 2.11. The van der Waals surface area contributed by atoms with Gasteiger partial charge in [-0.2, -0.15) is 0 Å². The van der Waals surface area contributed by atoms with E-state index in [9.17, 15) is 4.79 Å². The topological polar surface area (TPSA) is 52.3 Å². The Hall–Kier alpha value is -0.570. The lowest BCUT2D eigenvalue weighted by Gasteiger charge is -2.25. The van der Waals surface area contributed by atoms with Gasteiger partial charge in [0.15, 0.2) is 0 Å². The molecular weight excluding hydrogens is 178 g/mol. The number of nitrogens with two attached hydrogens (primary N) is 1. The molecule has 0 unspecified atom stereocenters. The number of rotatable bonds is 7. The van der Waals surface area contributed by atoms with Gasteiger partial charge in [-0.15, -0.1) is 0 Å². The highest BCUT2D eigenvalue weighted by Crippen LogP contribution is 2.22. The van der Waals surface area contributed by atoms with Gasteiger partial charge in [-0.05, 0) is 38.6 Å². The van der Waals surface area contributed by atoms with E-state index in [1.165, 1.54) is 6.42 Å². The van der Waals surface area contributed by atoms with Crippen LogP contribution in [0.3, 0.4) is 0 Å². The quantitative estimate of drug-likeness (QED) is 0.504. The normalized spacial score (nSPS) is 16.4. The van der Waals surface area contributed by atoms with Gasteiger partial charge >= 0.3 is 5.97 Å². The third-order valence-corrected chi connectivity index (χ3v) is 2.69. The third-order valence-electron chi connectivity index (χ3n) is 2.69. The number of ether oxygens (including phenoxy) is 1. The van der Waals surface area contributed by atoms with Crippen LogP contribution in [-0.2, 0) is 9.53 Å². The number of hydrogen-bond acceptors (Lipinski definition) is 3. The third kappa shape index (κ3) is 4.61. The van der Waals surface area contributed by atoms with Crippen molar-refractivity contribution >= 4 is 5.97 Å². The Morgan fingerprint density at radius 3 is 2.50 bits per heavy atom. The molecule has 0 spiro atoms. The van der Waals surface area contributed by atoms with Crippen LogP contribution < -0.4 is 5.73 Å². The van der Waals surface area contributed by atoms with Crippen LogP contribution in [0.4, 0.5) is 0 Å². The molecule has 0 aromatic carbocycles. The lowest BCUT2D eigenvalue weighted by molar-refractivity contribution is -0.153. The van der Waals surface area contributed by atoms with Gasteiger partial charge in [0, 0.05) is 6.42 Å². The van der Waals surface area contributed by atoms with Gasteiger partial charge in [0.2, 0.25) is 0 Å². The van der Waals surface area contributed by atoms with Crippen LogP contribution in [-0.4, -0.2) is 18.6 Å². The number of esters is 1. The maximum atomic E-state index is 11.2. The summed E-state index contributed by atoms with van der Waals surface area (Å²) in [5.41, 5.74) is 5.37. The zero-order chi connectivity index (χ0) is 10.2. The lowest BCUT2D eigenvalue weighted by Crippen LogP contribution is -2.24. The molecule has 1 aliphatic rings. The van der Waals surface area contributed by atoms with Gasteiger partial charge in [-0.1, -0.05) is 12.8 Å². The molecule has 3 heteroatoms. The summed E-state index contributed by atoms with van der Waals surface area (Å²) in [5.74, 6) is -0.0116. The van der Waals surface area contributed by atoms with Crippen molar-refractivity contribution in [3.8, 4) is 0 Å². The first-order chi connectivity index (χ1) is 6.83. The van der Waals surface area contributed by atoms with Crippen LogP contribution in [0, 0.1) is 0 Å². The van der Waals surface area contributed by atoms with E-state index < -0.39 is 0 Å². The van der Waals surface area contributed by atoms with Crippen LogP contribution in [0.25, 0.3) is 0 Å². The molecule has 0 radical (unpaired) electrons. The van der Waals surface area contributed by atoms with Gasteiger partial charge in [0.05, 0.1) is 0 Å². The highest BCUT2D eigenvalue weighted by atomic mass is 16.5. The molecule has 82 valence electrons. The fourth-order valence-electron chi connectivity index (χ4n) is 1.50. The van der Waals surface area contributed by atoms with Gasteiger partial charge in [0.25, 0.3) is 0 Å².